The van der Waals surface area contributed by atoms with Crippen molar-refractivity contribution in [3.05, 3.63) is 47.5 Å². The van der Waals surface area contributed by atoms with Gasteiger partial charge >= 0.3 is 0 Å². The largest absolute Gasteiger partial charge is 0.386 e. The number of benzene rings is 1. The van der Waals surface area contributed by atoms with Crippen molar-refractivity contribution >= 4 is 28.6 Å². The Morgan fingerprint density at radius 1 is 1.29 bits per heavy atom. The van der Waals surface area contributed by atoms with E-state index < -0.39 is 6.10 Å². The quantitative estimate of drug-likeness (QED) is 0.773. The molecule has 0 bridgehead atoms. The molecule has 0 fully saturated rings. The van der Waals surface area contributed by atoms with Crippen molar-refractivity contribution < 1.29 is 5.11 Å². The fourth-order valence-corrected chi connectivity index (χ4v) is 2.52. The van der Waals surface area contributed by atoms with E-state index in [0.717, 1.165) is 5.52 Å². The van der Waals surface area contributed by atoms with E-state index in [1.54, 1.807) is 19.4 Å². The van der Waals surface area contributed by atoms with E-state index in [2.05, 4.69) is 20.3 Å². The van der Waals surface area contributed by atoms with Gasteiger partial charge in [0.05, 0.1) is 19.0 Å². The number of anilines is 1. The molecule has 7 heteroatoms. The van der Waals surface area contributed by atoms with Gasteiger partial charge in [0.15, 0.2) is 11.5 Å². The predicted octanol–water partition coefficient (Wildman–Crippen LogP) is 2.25. The second-order valence-corrected chi connectivity index (χ2v) is 4.99. The fourth-order valence-electron chi connectivity index (χ4n) is 2.26. The van der Waals surface area contributed by atoms with Crippen molar-refractivity contribution in [2.24, 2.45) is 0 Å². The molecule has 2 heterocycles. The fraction of sp³-hybridized carbons (Fsp3) is 0.214. The number of fused-ring (bicyclic) bond motifs is 1. The molecule has 21 heavy (non-hydrogen) atoms. The van der Waals surface area contributed by atoms with Crippen LogP contribution in [0.15, 0.2) is 36.9 Å². The van der Waals surface area contributed by atoms with Gasteiger partial charge in [0.1, 0.15) is 11.8 Å². The number of halogens is 1. The maximum atomic E-state index is 10.4. The number of hydrogen-bond acceptors (Lipinski definition) is 5. The molecule has 6 nitrogen and oxygen atoms in total. The summed E-state index contributed by atoms with van der Waals surface area (Å²) in [6, 6.07) is 7.24. The Morgan fingerprint density at radius 2 is 2.10 bits per heavy atom. The van der Waals surface area contributed by atoms with E-state index in [4.69, 9.17) is 11.6 Å². The number of imidazole rings is 1. The number of aromatic nitrogens is 4. The average Bonchev–Trinajstić information content (AvgIpc) is 2.91. The van der Waals surface area contributed by atoms with E-state index in [1.807, 2.05) is 22.8 Å². The first-order valence-electron chi connectivity index (χ1n) is 6.46. The van der Waals surface area contributed by atoms with E-state index in [-0.39, 0.29) is 0 Å². The Kier molecular flexibility index (Phi) is 3.72. The van der Waals surface area contributed by atoms with Gasteiger partial charge in [0.25, 0.3) is 0 Å². The Bertz CT molecular complexity index is 773. The zero-order valence-electron chi connectivity index (χ0n) is 11.4. The molecule has 2 N–H and O–H groups in total. The third-order valence-electron chi connectivity index (χ3n) is 3.28. The molecule has 0 aliphatic rings. The number of hydrogen-bond donors (Lipinski definition) is 2. The molecule has 0 aliphatic carbocycles. The van der Waals surface area contributed by atoms with E-state index >= 15 is 0 Å². The topological polar surface area (TPSA) is 75.9 Å². The SMILES string of the molecule is CNc1ncnc2ncn(CC(O)c3ccccc3Cl)c12. The standard InChI is InChI=1S/C14H14ClN5O/c1-16-13-12-14(18-7-17-13)19-8-20(12)6-11(21)9-4-2-3-5-10(9)15/h2-5,7-8,11,21H,6H2,1H3,(H,16,17,18). The number of nitrogens with one attached hydrogen (secondary N) is 1. The minimum absolute atomic E-state index is 0.322. The molecule has 0 saturated heterocycles. The first-order chi connectivity index (χ1) is 10.2. The van der Waals surface area contributed by atoms with Gasteiger partial charge in [-0.15, -0.1) is 0 Å². The van der Waals surface area contributed by atoms with Crippen LogP contribution in [-0.2, 0) is 6.54 Å². The highest BCUT2D eigenvalue weighted by Crippen LogP contribution is 2.26. The molecule has 0 amide bonds. The summed E-state index contributed by atoms with van der Waals surface area (Å²) >= 11 is 6.11. The van der Waals surface area contributed by atoms with Crippen LogP contribution in [0.25, 0.3) is 11.2 Å². The van der Waals surface area contributed by atoms with Crippen LogP contribution in [0.1, 0.15) is 11.7 Å². The monoisotopic (exact) mass is 303 g/mol. The van der Waals surface area contributed by atoms with Crippen LogP contribution in [-0.4, -0.2) is 31.7 Å². The second kappa shape index (κ2) is 5.67. The molecule has 0 radical (unpaired) electrons. The summed E-state index contributed by atoms with van der Waals surface area (Å²) in [5.74, 6) is 0.670. The maximum absolute atomic E-state index is 10.4. The summed E-state index contributed by atoms with van der Waals surface area (Å²) in [5, 5.41) is 13.9. The van der Waals surface area contributed by atoms with Crippen LogP contribution < -0.4 is 5.32 Å². The van der Waals surface area contributed by atoms with Crippen LogP contribution in [0.2, 0.25) is 5.02 Å². The smallest absolute Gasteiger partial charge is 0.182 e. The lowest BCUT2D eigenvalue weighted by Gasteiger charge is -2.14. The maximum Gasteiger partial charge on any atom is 0.182 e. The third-order valence-corrected chi connectivity index (χ3v) is 3.62. The van der Waals surface area contributed by atoms with Crippen LogP contribution in [0.4, 0.5) is 5.82 Å². The average molecular weight is 304 g/mol. The zero-order valence-corrected chi connectivity index (χ0v) is 12.1. The molecule has 108 valence electrons. The normalized spacial score (nSPS) is 12.5. The van der Waals surface area contributed by atoms with Crippen LogP contribution >= 0.6 is 11.6 Å². The zero-order chi connectivity index (χ0) is 14.8. The summed E-state index contributed by atoms with van der Waals surface area (Å²) in [6.45, 7) is 0.322. The highest BCUT2D eigenvalue weighted by Gasteiger charge is 2.15. The molecule has 0 aliphatic heterocycles. The lowest BCUT2D eigenvalue weighted by Crippen LogP contribution is -2.09. The highest BCUT2D eigenvalue weighted by molar-refractivity contribution is 6.31. The Morgan fingerprint density at radius 3 is 2.86 bits per heavy atom. The van der Waals surface area contributed by atoms with Gasteiger partial charge in [0, 0.05) is 17.6 Å². The van der Waals surface area contributed by atoms with Gasteiger partial charge in [-0.05, 0) is 6.07 Å². The molecule has 0 spiro atoms. The molecular formula is C14H14ClN5O. The van der Waals surface area contributed by atoms with Crippen molar-refractivity contribution in [3.63, 3.8) is 0 Å². The second-order valence-electron chi connectivity index (χ2n) is 4.58. The minimum atomic E-state index is -0.735. The van der Waals surface area contributed by atoms with Gasteiger partial charge in [-0.3, -0.25) is 0 Å². The Hall–Kier alpha value is -2.18. The van der Waals surface area contributed by atoms with Gasteiger partial charge < -0.3 is 15.0 Å². The van der Waals surface area contributed by atoms with Crippen molar-refractivity contribution in [2.45, 2.75) is 12.6 Å². The van der Waals surface area contributed by atoms with Crippen LogP contribution in [0.5, 0.6) is 0 Å². The van der Waals surface area contributed by atoms with Crippen molar-refractivity contribution in [3.8, 4) is 0 Å². The number of rotatable bonds is 4. The summed E-state index contributed by atoms with van der Waals surface area (Å²) in [7, 11) is 1.78. The molecular weight excluding hydrogens is 290 g/mol. The highest BCUT2D eigenvalue weighted by atomic mass is 35.5. The number of aliphatic hydroxyl groups is 1. The molecule has 1 unspecified atom stereocenters. The van der Waals surface area contributed by atoms with Gasteiger partial charge in [0.2, 0.25) is 0 Å². The summed E-state index contributed by atoms with van der Waals surface area (Å²) in [5.41, 5.74) is 2.02. The molecule has 2 aromatic heterocycles. The molecule has 0 saturated carbocycles. The molecule has 1 atom stereocenters. The van der Waals surface area contributed by atoms with E-state index in [0.29, 0.717) is 28.6 Å². The Balaban J connectivity index is 1.97. The van der Waals surface area contributed by atoms with E-state index in [1.165, 1.54) is 6.33 Å². The number of nitrogens with zero attached hydrogens (tertiary/aromatic N) is 4. The molecule has 1 aromatic carbocycles. The third kappa shape index (κ3) is 2.55. The van der Waals surface area contributed by atoms with Crippen molar-refractivity contribution in [1.29, 1.82) is 0 Å². The van der Waals surface area contributed by atoms with E-state index in [9.17, 15) is 5.11 Å². The summed E-state index contributed by atoms with van der Waals surface area (Å²) in [6.07, 6.45) is 2.36. The first-order valence-corrected chi connectivity index (χ1v) is 6.84. The minimum Gasteiger partial charge on any atom is -0.386 e. The number of aliphatic hydroxyl groups excluding tert-OH is 1. The Labute approximate surface area is 126 Å². The van der Waals surface area contributed by atoms with Gasteiger partial charge in [-0.1, -0.05) is 29.8 Å². The predicted molar refractivity (Wildman–Crippen MR) is 81.3 cm³/mol. The lowest BCUT2D eigenvalue weighted by molar-refractivity contribution is 0.158. The molecule has 3 aromatic rings. The summed E-state index contributed by atoms with van der Waals surface area (Å²) in [4.78, 5) is 12.5. The van der Waals surface area contributed by atoms with Crippen molar-refractivity contribution in [2.75, 3.05) is 12.4 Å². The van der Waals surface area contributed by atoms with Crippen LogP contribution in [0, 0.1) is 0 Å². The van der Waals surface area contributed by atoms with Gasteiger partial charge in [-0.2, -0.15) is 0 Å². The summed E-state index contributed by atoms with van der Waals surface area (Å²) < 4.78 is 1.81. The molecule has 3 rings (SSSR count). The van der Waals surface area contributed by atoms with Gasteiger partial charge in [-0.25, -0.2) is 15.0 Å². The first kappa shape index (κ1) is 13.8. The van der Waals surface area contributed by atoms with Crippen LogP contribution in [0.3, 0.4) is 0 Å². The van der Waals surface area contributed by atoms with Crippen molar-refractivity contribution in [1.82, 2.24) is 19.5 Å². The lowest BCUT2D eigenvalue weighted by atomic mass is 10.1.